The predicted octanol–water partition coefficient (Wildman–Crippen LogP) is 11.5. The molecule has 0 spiro atoms. The number of nitrogens with zero attached hydrogens (tertiary/aromatic N) is 2. The fourth-order valence-electron chi connectivity index (χ4n) is 8.16. The molecule has 73 heavy (non-hydrogen) atoms. The molecule has 14 nitrogen and oxygen atoms in total. The summed E-state index contributed by atoms with van der Waals surface area (Å²) in [6.07, 6.45) is 0. The maximum Gasteiger partial charge on any atom is 0.339 e. The molecule has 3 atom stereocenters. The fourth-order valence-corrected chi connectivity index (χ4v) is 9.63. The van der Waals surface area contributed by atoms with Gasteiger partial charge in [0.1, 0.15) is 33.6 Å². The van der Waals surface area contributed by atoms with Crippen LogP contribution in [0.2, 0.25) is 0 Å². The van der Waals surface area contributed by atoms with E-state index < -0.39 is 26.5 Å². The Morgan fingerprint density at radius 2 is 1.01 bits per heavy atom. The highest BCUT2D eigenvalue weighted by atomic mass is 35.7. The third-order valence-corrected chi connectivity index (χ3v) is 14.7. The second-order valence-corrected chi connectivity index (χ2v) is 20.4. The molecule has 6 aromatic rings. The van der Waals surface area contributed by atoms with Crippen LogP contribution in [0.15, 0.2) is 126 Å². The van der Waals surface area contributed by atoms with Crippen molar-refractivity contribution >= 4 is 54.3 Å². The van der Waals surface area contributed by atoms with E-state index >= 15 is 0 Å². The standard InChI is InChI=1S/C28H29NO7S.C20H21NO3.C8H9ClO2S/c1-16-8-9-20(13-24(16)36-37(31,32)22-10-11-23(33-5)26(15-22)35-7)27-19(4)28(30)29(27)21-12-17(2)18(3)25(14-21)34-6;1-11-6-7-15(9-17(11)22)19-14(4)20(23)21(19)16-8-12(2)13(3)18(10-16)24-5;1-6-3-4-8(5-7(6)2)11-12(9)10/h8-15,27H,4H2,1-3,5-7H3;6-10,19,22H,4H2,1-3,5H3;3-5H,1-2H3/t27-;19-;/m11./s1. The van der Waals surface area contributed by atoms with Crippen molar-refractivity contribution in [3.05, 3.63) is 177 Å². The van der Waals surface area contributed by atoms with Gasteiger partial charge in [0, 0.05) is 51.4 Å². The lowest BCUT2D eigenvalue weighted by molar-refractivity contribution is -0.119. The van der Waals surface area contributed by atoms with Gasteiger partial charge in [0.2, 0.25) is 0 Å². The molecule has 2 amide bonds. The van der Waals surface area contributed by atoms with E-state index in [1.165, 1.54) is 38.0 Å². The maximum absolute atomic E-state index is 13.1. The molecule has 2 fully saturated rings. The average Bonchev–Trinajstić information content (AvgIpc) is 3.36. The second-order valence-electron chi connectivity index (χ2n) is 17.5. The monoisotopic (exact) mass is 1050 g/mol. The molecule has 1 unspecified atom stereocenters. The molecule has 0 bridgehead atoms. The summed E-state index contributed by atoms with van der Waals surface area (Å²) in [6, 6.07) is 27.2. The third-order valence-electron chi connectivity index (χ3n) is 12.9. The molecular formula is C56H59ClN2O12S2. The molecule has 2 saturated heterocycles. The van der Waals surface area contributed by atoms with Gasteiger partial charge >= 0.3 is 20.4 Å². The Kier molecular flexibility index (Phi) is 17.1. The SMILES string of the molecule is C=C1C(=O)N(c2cc(C)c(C)c(OC)c2)[C@H]1c1ccc(C)c(O)c1.C=C1C(=O)N(c2cc(C)c(C)c(OC)c2)[C@H]1c1ccc(C)c(OS(=O)(=O)c2ccc(OC)c(OC)c2)c1.Cc1ccc(OS(=O)Cl)cc1C. The molecule has 17 heteroatoms. The molecule has 2 heterocycles. The van der Waals surface area contributed by atoms with Crippen molar-refractivity contribution in [1.29, 1.82) is 0 Å². The van der Waals surface area contributed by atoms with Gasteiger partial charge in [-0.15, -0.1) is 0 Å². The van der Waals surface area contributed by atoms with E-state index in [1.54, 1.807) is 61.3 Å². The predicted molar refractivity (Wildman–Crippen MR) is 286 cm³/mol. The van der Waals surface area contributed by atoms with Crippen LogP contribution in [0.4, 0.5) is 11.4 Å². The lowest BCUT2D eigenvalue weighted by Crippen LogP contribution is -2.48. The van der Waals surface area contributed by atoms with Crippen LogP contribution in [0, 0.1) is 55.4 Å². The van der Waals surface area contributed by atoms with E-state index in [9.17, 15) is 27.3 Å². The number of rotatable bonds is 13. The van der Waals surface area contributed by atoms with E-state index in [2.05, 4.69) is 13.2 Å². The number of anilines is 2. The molecule has 0 aromatic heterocycles. The molecule has 2 aliphatic heterocycles. The summed E-state index contributed by atoms with van der Waals surface area (Å²) in [4.78, 5) is 28.5. The maximum atomic E-state index is 13.1. The summed E-state index contributed by atoms with van der Waals surface area (Å²) in [5, 5.41) is 9.99. The number of methoxy groups -OCH3 is 4. The van der Waals surface area contributed by atoms with Gasteiger partial charge in [-0.3, -0.25) is 19.4 Å². The van der Waals surface area contributed by atoms with Crippen molar-refractivity contribution < 1.29 is 54.6 Å². The van der Waals surface area contributed by atoms with Crippen LogP contribution in [0.1, 0.15) is 67.7 Å². The molecule has 6 aromatic carbocycles. The number of halogens is 1. The topological polar surface area (TPSA) is 167 Å². The highest BCUT2D eigenvalue weighted by Crippen LogP contribution is 2.47. The van der Waals surface area contributed by atoms with Crippen LogP contribution in [0.3, 0.4) is 0 Å². The molecular weight excluding hydrogens is 992 g/mol. The first-order chi connectivity index (χ1) is 34.5. The minimum absolute atomic E-state index is 0.0814. The molecule has 8 rings (SSSR count). The molecule has 1 N–H and O–H groups in total. The van der Waals surface area contributed by atoms with Crippen LogP contribution in [-0.2, 0) is 30.0 Å². The number of carbonyl (C=O) groups is 2. The zero-order valence-electron chi connectivity index (χ0n) is 42.8. The van der Waals surface area contributed by atoms with E-state index in [0.717, 1.165) is 50.4 Å². The highest BCUT2D eigenvalue weighted by Gasteiger charge is 2.44. The number of aryl methyl sites for hydroxylation is 6. The lowest BCUT2D eigenvalue weighted by Gasteiger charge is -2.43. The Labute approximate surface area is 434 Å². The number of ether oxygens (including phenoxy) is 4. The molecule has 2 aliphatic rings. The van der Waals surface area contributed by atoms with Crippen molar-refractivity contribution in [1.82, 2.24) is 0 Å². The van der Waals surface area contributed by atoms with Crippen LogP contribution in [-0.4, -0.2) is 58.0 Å². The summed E-state index contributed by atoms with van der Waals surface area (Å²) in [6.45, 7) is 23.3. The first kappa shape index (κ1) is 55.1. The van der Waals surface area contributed by atoms with Gasteiger partial charge in [-0.05, 0) is 160 Å². The van der Waals surface area contributed by atoms with Crippen LogP contribution in [0.25, 0.3) is 0 Å². The fraction of sp³-hybridized carbons (Fsp3) is 0.250. The van der Waals surface area contributed by atoms with Crippen molar-refractivity contribution in [3.8, 4) is 40.2 Å². The summed E-state index contributed by atoms with van der Waals surface area (Å²) in [5.74, 6) is 2.67. The molecule has 0 saturated carbocycles. The Balaban J connectivity index is 0.000000205. The number of phenols is 1. The van der Waals surface area contributed by atoms with Gasteiger partial charge in [-0.1, -0.05) is 43.5 Å². The number of β-lactam (4-membered cyclic amide) rings is 2. The number of benzene rings is 6. The summed E-state index contributed by atoms with van der Waals surface area (Å²) in [5.41, 5.74) is 11.6. The largest absolute Gasteiger partial charge is 0.508 e. The first-order valence-electron chi connectivity index (χ1n) is 22.7. The summed E-state index contributed by atoms with van der Waals surface area (Å²) < 4.78 is 68.3. The molecule has 0 radical (unpaired) electrons. The second kappa shape index (κ2) is 22.7. The minimum Gasteiger partial charge on any atom is -0.508 e. The van der Waals surface area contributed by atoms with Crippen molar-refractivity contribution in [3.63, 3.8) is 0 Å². The van der Waals surface area contributed by atoms with Gasteiger partial charge in [0.05, 0.1) is 40.5 Å². The van der Waals surface area contributed by atoms with Crippen LogP contribution < -0.4 is 37.1 Å². The van der Waals surface area contributed by atoms with Crippen LogP contribution in [0.5, 0.6) is 40.2 Å². The van der Waals surface area contributed by atoms with Crippen molar-refractivity contribution in [2.75, 3.05) is 38.2 Å². The quantitative estimate of drug-likeness (QED) is 0.0504. The Hall–Kier alpha value is -7.27. The number of phenolic OH excluding ortho intramolecular Hbond substituents is 1. The normalized spacial score (nSPS) is 15.4. The number of amides is 2. The van der Waals surface area contributed by atoms with Gasteiger partial charge < -0.3 is 32.4 Å². The Bertz CT molecular complexity index is 3300. The Morgan fingerprint density at radius 1 is 0.534 bits per heavy atom. The number of carbonyl (C=O) groups excluding carboxylic acids is 2. The summed E-state index contributed by atoms with van der Waals surface area (Å²) in [7, 11) is 5.30. The van der Waals surface area contributed by atoms with Crippen LogP contribution >= 0.6 is 10.7 Å². The smallest absolute Gasteiger partial charge is 0.339 e. The summed E-state index contributed by atoms with van der Waals surface area (Å²) >= 11 is 0. The van der Waals surface area contributed by atoms with Crippen molar-refractivity contribution in [2.24, 2.45) is 0 Å². The van der Waals surface area contributed by atoms with E-state index in [1.807, 2.05) is 97.0 Å². The van der Waals surface area contributed by atoms with Gasteiger partial charge in [-0.2, -0.15) is 12.6 Å². The van der Waals surface area contributed by atoms with Gasteiger partial charge in [-0.25, -0.2) is 0 Å². The van der Waals surface area contributed by atoms with E-state index in [-0.39, 0.29) is 40.0 Å². The zero-order chi connectivity index (χ0) is 53.8. The van der Waals surface area contributed by atoms with E-state index in [0.29, 0.717) is 45.2 Å². The Morgan fingerprint density at radius 3 is 1.48 bits per heavy atom. The number of aromatic hydroxyl groups is 1. The average molecular weight is 1050 g/mol. The van der Waals surface area contributed by atoms with Gasteiger partial charge in [0.15, 0.2) is 11.5 Å². The van der Waals surface area contributed by atoms with Gasteiger partial charge in [0.25, 0.3) is 11.8 Å². The van der Waals surface area contributed by atoms with Crippen molar-refractivity contribution in [2.45, 2.75) is 72.4 Å². The lowest BCUT2D eigenvalue weighted by atomic mass is 9.87. The molecule has 384 valence electrons. The van der Waals surface area contributed by atoms with E-state index in [4.69, 9.17) is 38.0 Å². The molecule has 0 aliphatic carbocycles. The number of hydrogen-bond acceptors (Lipinski definition) is 12. The highest BCUT2D eigenvalue weighted by molar-refractivity contribution is 8.04. The number of hydrogen-bond donors (Lipinski definition) is 1. The minimum atomic E-state index is -4.19. The third kappa shape index (κ3) is 11.7. The first-order valence-corrected chi connectivity index (χ1v) is 26.0. The zero-order valence-corrected chi connectivity index (χ0v) is 45.2.